The number of piperidine rings is 1. The smallest absolute Gasteiger partial charge is 0.274 e. The van der Waals surface area contributed by atoms with Gasteiger partial charge in [0.1, 0.15) is 0 Å². The molecular formula is C13H24N4O3S. The molecule has 2 bridgehead atoms. The minimum atomic E-state index is -3.65. The number of likely N-dealkylation sites (tertiary alicyclic amines) is 1. The first kappa shape index (κ1) is 15.2. The van der Waals surface area contributed by atoms with Crippen molar-refractivity contribution < 1.29 is 13.2 Å². The van der Waals surface area contributed by atoms with E-state index in [1.54, 1.807) is 0 Å². The summed E-state index contributed by atoms with van der Waals surface area (Å²) in [4.78, 5) is 14.6. The van der Waals surface area contributed by atoms with Crippen LogP contribution in [0.4, 0.5) is 0 Å². The van der Waals surface area contributed by atoms with Gasteiger partial charge in [-0.3, -0.25) is 4.79 Å². The zero-order chi connectivity index (χ0) is 15.0. The Bertz CT molecular complexity index is 510. The Kier molecular flexibility index (Phi) is 4.22. The van der Waals surface area contributed by atoms with E-state index in [9.17, 15) is 13.2 Å². The standard InChI is InChI=1S/C13H24N4O3S/c14-21(19,20)15-7-9-2-1-5-17(8-9)13(18)11-6-10-3-4-12(11)16-10/h9-12,15-16H,1-8H2,(H2,14,19,20). The Hall–Kier alpha value is -0.700. The zero-order valence-corrected chi connectivity index (χ0v) is 12.9. The summed E-state index contributed by atoms with van der Waals surface area (Å²) in [7, 11) is -3.65. The second-order valence-electron chi connectivity index (χ2n) is 6.58. The fourth-order valence-electron chi connectivity index (χ4n) is 4.00. The molecule has 3 rings (SSSR count). The molecule has 4 atom stereocenters. The SMILES string of the molecule is NS(=O)(=O)NCC1CCCN(C(=O)C2CC3CCC2N3)C1. The van der Waals surface area contributed by atoms with Crippen LogP contribution in [0.15, 0.2) is 0 Å². The number of carbonyl (C=O) groups excluding carboxylic acids is 1. The number of nitrogens with two attached hydrogens (primary N) is 1. The van der Waals surface area contributed by atoms with E-state index in [0.29, 0.717) is 25.2 Å². The van der Waals surface area contributed by atoms with E-state index in [1.807, 2.05) is 4.90 Å². The van der Waals surface area contributed by atoms with Crippen LogP contribution in [0.3, 0.4) is 0 Å². The molecule has 4 unspecified atom stereocenters. The summed E-state index contributed by atoms with van der Waals surface area (Å²) in [6.45, 7) is 1.74. The van der Waals surface area contributed by atoms with Crippen LogP contribution in [0.1, 0.15) is 32.1 Å². The van der Waals surface area contributed by atoms with Crippen LogP contribution in [0, 0.1) is 11.8 Å². The van der Waals surface area contributed by atoms with Crippen molar-refractivity contribution in [2.45, 2.75) is 44.2 Å². The summed E-state index contributed by atoms with van der Waals surface area (Å²) in [6, 6.07) is 0.874. The molecule has 0 aliphatic carbocycles. The molecule has 4 N–H and O–H groups in total. The van der Waals surface area contributed by atoms with Gasteiger partial charge in [-0.2, -0.15) is 8.42 Å². The molecule has 0 aromatic carbocycles. The van der Waals surface area contributed by atoms with E-state index in [0.717, 1.165) is 32.2 Å². The molecule has 7 nitrogen and oxygen atoms in total. The summed E-state index contributed by atoms with van der Waals surface area (Å²) in [6.07, 6.45) is 5.11. The molecule has 0 saturated carbocycles. The monoisotopic (exact) mass is 316 g/mol. The average molecular weight is 316 g/mol. The molecule has 120 valence electrons. The fourth-order valence-corrected chi connectivity index (χ4v) is 4.47. The summed E-state index contributed by atoms with van der Waals surface area (Å²) < 4.78 is 24.3. The summed E-state index contributed by atoms with van der Waals surface area (Å²) in [5.74, 6) is 0.524. The number of carbonyl (C=O) groups is 1. The van der Waals surface area contributed by atoms with Gasteiger partial charge in [0, 0.05) is 31.7 Å². The van der Waals surface area contributed by atoms with Gasteiger partial charge in [0.2, 0.25) is 5.91 Å². The lowest BCUT2D eigenvalue weighted by Gasteiger charge is -2.35. The van der Waals surface area contributed by atoms with Crippen LogP contribution < -0.4 is 15.2 Å². The zero-order valence-electron chi connectivity index (χ0n) is 12.1. The van der Waals surface area contributed by atoms with E-state index in [1.165, 1.54) is 6.42 Å². The largest absolute Gasteiger partial charge is 0.342 e. The van der Waals surface area contributed by atoms with E-state index >= 15 is 0 Å². The number of amides is 1. The Morgan fingerprint density at radius 3 is 2.76 bits per heavy atom. The van der Waals surface area contributed by atoms with Gasteiger partial charge in [0.25, 0.3) is 10.2 Å². The topological polar surface area (TPSA) is 105 Å². The predicted octanol–water partition coefficient (Wildman–Crippen LogP) is -0.841. The van der Waals surface area contributed by atoms with Gasteiger partial charge in [-0.1, -0.05) is 0 Å². The highest BCUT2D eigenvalue weighted by molar-refractivity contribution is 7.87. The van der Waals surface area contributed by atoms with Crippen LogP contribution >= 0.6 is 0 Å². The molecular weight excluding hydrogens is 292 g/mol. The Morgan fingerprint density at radius 1 is 1.33 bits per heavy atom. The van der Waals surface area contributed by atoms with Gasteiger partial charge in [-0.05, 0) is 38.0 Å². The quantitative estimate of drug-likeness (QED) is 0.629. The predicted molar refractivity (Wildman–Crippen MR) is 78.5 cm³/mol. The first-order chi connectivity index (χ1) is 9.92. The molecule has 1 amide bonds. The second-order valence-corrected chi connectivity index (χ2v) is 7.95. The maximum Gasteiger partial charge on any atom is 0.274 e. The van der Waals surface area contributed by atoms with Gasteiger partial charge in [0.05, 0.1) is 5.92 Å². The van der Waals surface area contributed by atoms with Crippen molar-refractivity contribution in [1.82, 2.24) is 14.9 Å². The maximum absolute atomic E-state index is 12.7. The fraction of sp³-hybridized carbons (Fsp3) is 0.923. The first-order valence-corrected chi connectivity index (χ1v) is 9.29. The molecule has 3 aliphatic heterocycles. The Morgan fingerprint density at radius 2 is 2.14 bits per heavy atom. The van der Waals surface area contributed by atoms with Crippen LogP contribution in [0.2, 0.25) is 0 Å². The normalized spacial score (nSPS) is 36.1. The number of nitrogens with one attached hydrogen (secondary N) is 2. The van der Waals surface area contributed by atoms with Crippen molar-refractivity contribution >= 4 is 16.1 Å². The van der Waals surface area contributed by atoms with Gasteiger partial charge < -0.3 is 10.2 Å². The summed E-state index contributed by atoms with van der Waals surface area (Å²) in [5.41, 5.74) is 0. The third-order valence-electron chi connectivity index (χ3n) is 5.02. The molecule has 8 heteroatoms. The van der Waals surface area contributed by atoms with Crippen molar-refractivity contribution in [3.63, 3.8) is 0 Å². The maximum atomic E-state index is 12.7. The van der Waals surface area contributed by atoms with E-state index in [4.69, 9.17) is 5.14 Å². The number of nitrogens with zero attached hydrogens (tertiary/aromatic N) is 1. The molecule has 0 radical (unpaired) electrons. The molecule has 21 heavy (non-hydrogen) atoms. The molecule has 3 heterocycles. The second kappa shape index (κ2) is 5.83. The van der Waals surface area contributed by atoms with Crippen molar-refractivity contribution in [2.75, 3.05) is 19.6 Å². The Labute approximate surface area is 125 Å². The van der Waals surface area contributed by atoms with Gasteiger partial charge >= 0.3 is 0 Å². The number of rotatable bonds is 4. The van der Waals surface area contributed by atoms with Crippen molar-refractivity contribution in [2.24, 2.45) is 17.0 Å². The lowest BCUT2D eigenvalue weighted by Crippen LogP contribution is -2.48. The van der Waals surface area contributed by atoms with Crippen LogP contribution in [-0.2, 0) is 15.0 Å². The minimum absolute atomic E-state index is 0.119. The number of hydrogen-bond acceptors (Lipinski definition) is 4. The number of hydrogen-bond donors (Lipinski definition) is 3. The van der Waals surface area contributed by atoms with Crippen LogP contribution in [0.5, 0.6) is 0 Å². The highest BCUT2D eigenvalue weighted by Crippen LogP contribution is 2.35. The molecule has 3 fully saturated rings. The highest BCUT2D eigenvalue weighted by atomic mass is 32.2. The van der Waals surface area contributed by atoms with E-state index < -0.39 is 10.2 Å². The van der Waals surface area contributed by atoms with Crippen molar-refractivity contribution in [3.05, 3.63) is 0 Å². The van der Waals surface area contributed by atoms with E-state index in [-0.39, 0.29) is 17.7 Å². The van der Waals surface area contributed by atoms with Crippen LogP contribution in [-0.4, -0.2) is 50.9 Å². The minimum Gasteiger partial charge on any atom is -0.342 e. The first-order valence-electron chi connectivity index (χ1n) is 7.74. The van der Waals surface area contributed by atoms with Crippen molar-refractivity contribution in [1.29, 1.82) is 0 Å². The van der Waals surface area contributed by atoms with Crippen molar-refractivity contribution in [3.8, 4) is 0 Å². The molecule has 3 aliphatic rings. The van der Waals surface area contributed by atoms with Gasteiger partial charge in [0.15, 0.2) is 0 Å². The molecule has 0 aromatic heterocycles. The summed E-state index contributed by atoms with van der Waals surface area (Å²) in [5, 5.41) is 8.46. The number of fused-ring (bicyclic) bond motifs is 2. The third-order valence-corrected chi connectivity index (χ3v) is 5.59. The third kappa shape index (κ3) is 3.56. The molecule has 0 spiro atoms. The molecule has 0 aromatic rings. The van der Waals surface area contributed by atoms with E-state index in [2.05, 4.69) is 10.0 Å². The van der Waals surface area contributed by atoms with Gasteiger partial charge in [-0.15, -0.1) is 0 Å². The lowest BCUT2D eigenvalue weighted by molar-refractivity contribution is -0.138. The van der Waals surface area contributed by atoms with Crippen LogP contribution in [0.25, 0.3) is 0 Å². The molecule has 3 saturated heterocycles. The summed E-state index contributed by atoms with van der Waals surface area (Å²) >= 11 is 0. The average Bonchev–Trinajstić information content (AvgIpc) is 3.06. The Balaban J connectivity index is 1.54. The van der Waals surface area contributed by atoms with Gasteiger partial charge in [-0.25, -0.2) is 9.86 Å². The lowest BCUT2D eigenvalue weighted by atomic mass is 9.87. The highest BCUT2D eigenvalue weighted by Gasteiger charge is 2.44.